The van der Waals surface area contributed by atoms with Crippen LogP contribution in [0.4, 0.5) is 4.79 Å². The number of carbonyl (C=O) groups is 4. The van der Waals surface area contributed by atoms with E-state index in [0.717, 1.165) is 83.8 Å². The van der Waals surface area contributed by atoms with Crippen molar-refractivity contribution >= 4 is 23.6 Å². The number of amides is 4. The molecule has 3 aliphatic rings. The van der Waals surface area contributed by atoms with E-state index < -0.39 is 23.5 Å². The summed E-state index contributed by atoms with van der Waals surface area (Å²) in [6.45, 7) is 20.1. The van der Waals surface area contributed by atoms with Gasteiger partial charge in [0.2, 0.25) is 11.8 Å². The van der Waals surface area contributed by atoms with E-state index in [1.807, 2.05) is 0 Å². The zero-order valence-corrected chi connectivity index (χ0v) is 29.2. The van der Waals surface area contributed by atoms with Crippen molar-refractivity contribution in [2.75, 3.05) is 26.2 Å². The van der Waals surface area contributed by atoms with Crippen LogP contribution < -0.4 is 16.0 Å². The molecule has 2 aliphatic heterocycles. The largest absolute Gasteiger partial charge is 0.345 e. The Kier molecular flexibility index (Phi) is 12.7. The molecule has 3 fully saturated rings. The molecule has 0 aromatic heterocycles. The van der Waals surface area contributed by atoms with Crippen LogP contribution in [0.1, 0.15) is 132 Å². The second-order valence-electron chi connectivity index (χ2n) is 16.2. The van der Waals surface area contributed by atoms with Gasteiger partial charge in [-0.05, 0) is 81.2 Å². The molecule has 0 spiro atoms. The molecule has 9 heteroatoms. The molecular formula is C35H63N5O4. The van der Waals surface area contributed by atoms with Gasteiger partial charge < -0.3 is 25.8 Å². The first-order valence-corrected chi connectivity index (χ1v) is 17.5. The van der Waals surface area contributed by atoms with Gasteiger partial charge in [-0.3, -0.25) is 14.4 Å². The summed E-state index contributed by atoms with van der Waals surface area (Å²) in [6, 6.07) is -2.29. The lowest BCUT2D eigenvalue weighted by atomic mass is 9.70. The standard InChI is InChI=1S/C35H63N5O4/c1-9-10-15-26(25(2)41)36-30(42)27-16-14-21-40(27)31(43)29(35(8)17-12-11-13-18-35)38-32(44)37-28(33(3,4)5)24-39-22-19-34(6,7)20-23-39/h26-29H,9-24H2,1-8H3,(H,36,42)(H2,37,38,44). The summed E-state index contributed by atoms with van der Waals surface area (Å²) < 4.78 is 0. The zero-order chi connectivity index (χ0) is 32.7. The number of Topliss-reactive ketones (excluding diaryl/α,β-unsaturated/α-hetero) is 1. The van der Waals surface area contributed by atoms with Gasteiger partial charge in [0.25, 0.3) is 0 Å². The van der Waals surface area contributed by atoms with Crippen molar-refractivity contribution in [1.82, 2.24) is 25.8 Å². The van der Waals surface area contributed by atoms with Crippen LogP contribution in [0.15, 0.2) is 0 Å². The third-order valence-electron chi connectivity index (χ3n) is 10.7. The summed E-state index contributed by atoms with van der Waals surface area (Å²) >= 11 is 0. The quantitative estimate of drug-likeness (QED) is 0.271. The van der Waals surface area contributed by atoms with Gasteiger partial charge in [-0.2, -0.15) is 0 Å². The first kappa shape index (κ1) is 36.3. The minimum absolute atomic E-state index is 0.0599. The third-order valence-corrected chi connectivity index (χ3v) is 10.7. The Hall–Kier alpha value is -2.16. The van der Waals surface area contributed by atoms with Gasteiger partial charge in [-0.1, -0.05) is 80.6 Å². The summed E-state index contributed by atoms with van der Waals surface area (Å²) in [7, 11) is 0. The van der Waals surface area contributed by atoms with Crippen molar-refractivity contribution in [1.29, 1.82) is 0 Å². The van der Waals surface area contributed by atoms with Gasteiger partial charge in [0, 0.05) is 19.1 Å². The molecule has 3 rings (SSSR count). The maximum Gasteiger partial charge on any atom is 0.315 e. The molecule has 2 saturated heterocycles. The molecule has 1 saturated carbocycles. The van der Waals surface area contributed by atoms with Crippen molar-refractivity contribution in [3.63, 3.8) is 0 Å². The van der Waals surface area contributed by atoms with Gasteiger partial charge in [-0.15, -0.1) is 0 Å². The molecule has 252 valence electrons. The normalized spacial score (nSPS) is 24.2. The predicted octanol–water partition coefficient (Wildman–Crippen LogP) is 5.42. The highest BCUT2D eigenvalue weighted by Crippen LogP contribution is 2.40. The molecule has 4 atom stereocenters. The average Bonchev–Trinajstić information content (AvgIpc) is 3.44. The van der Waals surface area contributed by atoms with E-state index in [0.29, 0.717) is 24.8 Å². The number of urea groups is 1. The van der Waals surface area contributed by atoms with Gasteiger partial charge in [-0.25, -0.2) is 4.79 Å². The maximum absolute atomic E-state index is 14.4. The highest BCUT2D eigenvalue weighted by molar-refractivity contribution is 5.94. The molecule has 9 nitrogen and oxygen atoms in total. The molecule has 0 radical (unpaired) electrons. The van der Waals surface area contributed by atoms with Gasteiger partial charge in [0.1, 0.15) is 12.1 Å². The monoisotopic (exact) mass is 617 g/mol. The highest BCUT2D eigenvalue weighted by atomic mass is 16.2. The Bertz CT molecular complexity index is 990. The molecule has 0 aromatic rings. The molecule has 1 aliphatic carbocycles. The van der Waals surface area contributed by atoms with Crippen LogP contribution in [0.25, 0.3) is 0 Å². The van der Waals surface area contributed by atoms with E-state index in [4.69, 9.17) is 0 Å². The van der Waals surface area contributed by atoms with E-state index >= 15 is 0 Å². The number of rotatable bonds is 12. The Morgan fingerprint density at radius 1 is 0.864 bits per heavy atom. The van der Waals surface area contributed by atoms with Crippen molar-refractivity contribution in [2.45, 2.75) is 157 Å². The fraction of sp³-hybridized carbons (Fsp3) is 0.886. The Morgan fingerprint density at radius 3 is 2.07 bits per heavy atom. The molecule has 4 unspecified atom stereocenters. The average molecular weight is 618 g/mol. The fourth-order valence-corrected chi connectivity index (χ4v) is 7.17. The topological polar surface area (TPSA) is 111 Å². The zero-order valence-electron chi connectivity index (χ0n) is 29.2. The van der Waals surface area contributed by atoms with E-state index in [9.17, 15) is 19.2 Å². The Balaban J connectivity index is 1.76. The number of nitrogens with one attached hydrogen (secondary N) is 3. The number of hydrogen-bond donors (Lipinski definition) is 3. The summed E-state index contributed by atoms with van der Waals surface area (Å²) in [4.78, 5) is 58.0. The van der Waals surface area contributed by atoms with E-state index in [2.05, 4.69) is 69.3 Å². The highest BCUT2D eigenvalue weighted by Gasteiger charge is 2.46. The van der Waals surface area contributed by atoms with Crippen LogP contribution in [0, 0.1) is 16.2 Å². The summed E-state index contributed by atoms with van der Waals surface area (Å²) in [6.07, 6.45) is 10.8. The number of ketones is 1. The molecular weight excluding hydrogens is 554 g/mol. The Labute approximate surface area is 267 Å². The maximum atomic E-state index is 14.4. The summed E-state index contributed by atoms with van der Waals surface area (Å²) in [5.41, 5.74) is -0.203. The lowest BCUT2D eigenvalue weighted by molar-refractivity contribution is -0.143. The molecule has 0 aromatic carbocycles. The number of piperidine rings is 1. The van der Waals surface area contributed by atoms with Gasteiger partial charge >= 0.3 is 6.03 Å². The van der Waals surface area contributed by atoms with E-state index in [-0.39, 0.29) is 35.1 Å². The smallest absolute Gasteiger partial charge is 0.315 e. The SMILES string of the molecule is CCCCC(NC(=O)C1CCCN1C(=O)C(NC(=O)NC(CN1CCC(C)(C)CC1)C(C)(C)C)C1(C)CCCCC1)C(C)=O. The van der Waals surface area contributed by atoms with Gasteiger partial charge in [0.15, 0.2) is 5.78 Å². The minimum Gasteiger partial charge on any atom is -0.345 e. The summed E-state index contributed by atoms with van der Waals surface area (Å²) in [5.74, 6) is -0.502. The number of likely N-dealkylation sites (tertiary alicyclic amines) is 2. The molecule has 44 heavy (non-hydrogen) atoms. The lowest BCUT2D eigenvalue weighted by Crippen LogP contribution is -2.63. The van der Waals surface area contributed by atoms with Crippen LogP contribution in [0.3, 0.4) is 0 Å². The van der Waals surface area contributed by atoms with Crippen molar-refractivity contribution < 1.29 is 19.2 Å². The molecule has 0 bridgehead atoms. The van der Waals surface area contributed by atoms with Crippen molar-refractivity contribution in [3.8, 4) is 0 Å². The third kappa shape index (κ3) is 9.92. The number of nitrogens with zero attached hydrogens (tertiary/aromatic N) is 2. The minimum atomic E-state index is -0.726. The molecule has 3 N–H and O–H groups in total. The van der Waals surface area contributed by atoms with Gasteiger partial charge in [0.05, 0.1) is 6.04 Å². The number of hydrogen-bond acceptors (Lipinski definition) is 5. The number of carbonyl (C=O) groups excluding carboxylic acids is 4. The van der Waals surface area contributed by atoms with Crippen molar-refractivity contribution in [3.05, 3.63) is 0 Å². The van der Waals surface area contributed by atoms with Crippen molar-refractivity contribution in [2.24, 2.45) is 16.2 Å². The fourth-order valence-electron chi connectivity index (χ4n) is 7.17. The van der Waals surface area contributed by atoms with Crippen LogP contribution >= 0.6 is 0 Å². The number of unbranched alkanes of at least 4 members (excludes halogenated alkanes) is 1. The predicted molar refractivity (Wildman–Crippen MR) is 176 cm³/mol. The van der Waals surface area contributed by atoms with Crippen LogP contribution in [0.5, 0.6) is 0 Å². The molecule has 2 heterocycles. The Morgan fingerprint density at radius 2 is 1.50 bits per heavy atom. The molecule has 4 amide bonds. The van der Waals surface area contributed by atoms with Crippen LogP contribution in [-0.4, -0.2) is 83.8 Å². The summed E-state index contributed by atoms with van der Waals surface area (Å²) in [5, 5.41) is 9.37. The first-order valence-electron chi connectivity index (χ1n) is 17.5. The lowest BCUT2D eigenvalue weighted by Gasteiger charge is -2.43. The van der Waals surface area contributed by atoms with E-state index in [1.54, 1.807) is 4.90 Å². The first-order chi connectivity index (χ1) is 20.6. The van der Waals surface area contributed by atoms with Crippen LogP contribution in [-0.2, 0) is 14.4 Å². The van der Waals surface area contributed by atoms with Crippen LogP contribution in [0.2, 0.25) is 0 Å². The second-order valence-corrected chi connectivity index (χ2v) is 16.2. The second kappa shape index (κ2) is 15.4. The van der Waals surface area contributed by atoms with E-state index in [1.165, 1.54) is 6.92 Å².